The van der Waals surface area contributed by atoms with Crippen molar-refractivity contribution in [2.75, 3.05) is 11.9 Å². The Labute approximate surface area is 106 Å². The van der Waals surface area contributed by atoms with Crippen LogP contribution in [0.15, 0.2) is 30.5 Å². The van der Waals surface area contributed by atoms with E-state index in [1.54, 1.807) is 6.20 Å². The lowest BCUT2D eigenvalue weighted by Gasteiger charge is -2.09. The van der Waals surface area contributed by atoms with Crippen molar-refractivity contribution in [3.05, 3.63) is 36.0 Å². The molecule has 1 aromatic carbocycles. The van der Waals surface area contributed by atoms with E-state index in [-0.39, 0.29) is 5.91 Å². The van der Waals surface area contributed by atoms with Crippen LogP contribution < -0.4 is 11.1 Å². The predicted molar refractivity (Wildman–Crippen MR) is 73.4 cm³/mol. The van der Waals surface area contributed by atoms with E-state index in [9.17, 15) is 4.79 Å². The normalized spacial score (nSPS) is 10.6. The van der Waals surface area contributed by atoms with Crippen LogP contribution in [0.25, 0.3) is 10.9 Å². The van der Waals surface area contributed by atoms with Gasteiger partial charge in [-0.05, 0) is 43.7 Å². The molecule has 1 heterocycles. The molecule has 0 unspecified atom stereocenters. The number of aromatic nitrogens is 1. The smallest absolute Gasteiger partial charge is 0.224 e. The number of hydrogen-bond acceptors (Lipinski definition) is 3. The average Bonchev–Trinajstić information content (AvgIpc) is 2.40. The summed E-state index contributed by atoms with van der Waals surface area (Å²) in [6, 6.07) is 7.72. The van der Waals surface area contributed by atoms with E-state index in [0.29, 0.717) is 19.4 Å². The number of fused-ring (bicyclic) bond motifs is 1. The van der Waals surface area contributed by atoms with Gasteiger partial charge in [0.1, 0.15) is 0 Å². The van der Waals surface area contributed by atoms with Crippen LogP contribution in [-0.2, 0) is 4.79 Å². The van der Waals surface area contributed by atoms with Crippen LogP contribution in [0, 0.1) is 6.92 Å². The van der Waals surface area contributed by atoms with Crippen molar-refractivity contribution in [2.45, 2.75) is 19.8 Å². The molecule has 4 nitrogen and oxygen atoms in total. The maximum absolute atomic E-state index is 11.7. The first kappa shape index (κ1) is 12.5. The van der Waals surface area contributed by atoms with Gasteiger partial charge in [0.25, 0.3) is 0 Å². The molecule has 0 saturated carbocycles. The van der Waals surface area contributed by atoms with Gasteiger partial charge in [-0.2, -0.15) is 0 Å². The molecule has 3 N–H and O–H groups in total. The molecule has 0 aliphatic rings. The Balaban J connectivity index is 2.29. The van der Waals surface area contributed by atoms with Crippen LogP contribution in [-0.4, -0.2) is 17.4 Å². The van der Waals surface area contributed by atoms with Gasteiger partial charge < -0.3 is 11.1 Å². The van der Waals surface area contributed by atoms with Crippen molar-refractivity contribution in [2.24, 2.45) is 5.73 Å². The summed E-state index contributed by atoms with van der Waals surface area (Å²) in [5.41, 5.74) is 8.23. The standard InChI is InChI=1S/C14H17N3O/c1-10-6-7-12(17-13(18)5-2-8-15)11-4-3-9-16-14(10)11/h3-4,6-7,9H,2,5,8,15H2,1H3,(H,17,18). The van der Waals surface area contributed by atoms with Gasteiger partial charge in [-0.1, -0.05) is 6.07 Å². The van der Waals surface area contributed by atoms with Crippen LogP contribution in [0.5, 0.6) is 0 Å². The van der Waals surface area contributed by atoms with Crippen molar-refractivity contribution in [3.63, 3.8) is 0 Å². The minimum Gasteiger partial charge on any atom is -0.330 e. The SMILES string of the molecule is Cc1ccc(NC(=O)CCCN)c2cccnc12. The lowest BCUT2D eigenvalue weighted by molar-refractivity contribution is -0.116. The second kappa shape index (κ2) is 5.60. The molecule has 2 rings (SSSR count). The molecule has 4 heteroatoms. The molecule has 2 aromatic rings. The molecule has 1 aromatic heterocycles. The maximum Gasteiger partial charge on any atom is 0.224 e. The van der Waals surface area contributed by atoms with Crippen LogP contribution in [0.3, 0.4) is 0 Å². The van der Waals surface area contributed by atoms with Crippen molar-refractivity contribution in [3.8, 4) is 0 Å². The zero-order valence-corrected chi connectivity index (χ0v) is 10.4. The summed E-state index contributed by atoms with van der Waals surface area (Å²) in [5.74, 6) is -0.00513. The lowest BCUT2D eigenvalue weighted by atomic mass is 10.1. The van der Waals surface area contributed by atoms with Gasteiger partial charge in [-0.25, -0.2) is 0 Å². The quantitative estimate of drug-likeness (QED) is 0.865. The molecule has 0 aliphatic carbocycles. The summed E-state index contributed by atoms with van der Waals surface area (Å²) < 4.78 is 0. The predicted octanol–water partition coefficient (Wildman–Crippen LogP) is 2.22. The van der Waals surface area contributed by atoms with Crippen molar-refractivity contribution in [1.29, 1.82) is 0 Å². The zero-order valence-electron chi connectivity index (χ0n) is 10.4. The maximum atomic E-state index is 11.7. The molecule has 0 fully saturated rings. The number of amides is 1. The van der Waals surface area contributed by atoms with Crippen LogP contribution >= 0.6 is 0 Å². The van der Waals surface area contributed by atoms with E-state index < -0.39 is 0 Å². The highest BCUT2D eigenvalue weighted by molar-refractivity contribution is 6.01. The van der Waals surface area contributed by atoms with Crippen LogP contribution in [0.2, 0.25) is 0 Å². The first-order chi connectivity index (χ1) is 8.72. The molecule has 1 amide bonds. The molecular formula is C14H17N3O. The summed E-state index contributed by atoms with van der Waals surface area (Å²) in [6.45, 7) is 2.54. The number of nitrogens with two attached hydrogens (primary N) is 1. The van der Waals surface area contributed by atoms with Crippen molar-refractivity contribution >= 4 is 22.5 Å². The Hall–Kier alpha value is -1.94. The van der Waals surface area contributed by atoms with E-state index in [0.717, 1.165) is 22.2 Å². The largest absolute Gasteiger partial charge is 0.330 e. The number of hydrogen-bond donors (Lipinski definition) is 2. The number of nitrogens with one attached hydrogen (secondary N) is 1. The number of aryl methyl sites for hydroxylation is 1. The van der Waals surface area contributed by atoms with Gasteiger partial charge >= 0.3 is 0 Å². The Morgan fingerprint density at radius 1 is 1.39 bits per heavy atom. The summed E-state index contributed by atoms with van der Waals surface area (Å²) in [4.78, 5) is 16.1. The molecule has 0 aliphatic heterocycles. The number of anilines is 1. The Kier molecular flexibility index (Phi) is 3.89. The van der Waals surface area contributed by atoms with Crippen LogP contribution in [0.4, 0.5) is 5.69 Å². The fourth-order valence-electron chi connectivity index (χ4n) is 1.90. The van der Waals surface area contributed by atoms with Gasteiger partial charge in [0.2, 0.25) is 5.91 Å². The highest BCUT2D eigenvalue weighted by Gasteiger charge is 2.07. The minimum absolute atomic E-state index is 0.00513. The number of carbonyl (C=O) groups excluding carboxylic acids is 1. The number of benzene rings is 1. The molecule has 18 heavy (non-hydrogen) atoms. The number of rotatable bonds is 4. The van der Waals surface area contributed by atoms with Crippen molar-refractivity contribution < 1.29 is 4.79 Å². The number of pyridine rings is 1. The summed E-state index contributed by atoms with van der Waals surface area (Å²) in [5, 5.41) is 3.88. The fraction of sp³-hybridized carbons (Fsp3) is 0.286. The topological polar surface area (TPSA) is 68.0 Å². The van der Waals surface area contributed by atoms with Crippen LogP contribution in [0.1, 0.15) is 18.4 Å². The fourth-order valence-corrected chi connectivity index (χ4v) is 1.90. The average molecular weight is 243 g/mol. The van der Waals surface area contributed by atoms with Crippen molar-refractivity contribution in [1.82, 2.24) is 4.98 Å². The van der Waals surface area contributed by atoms with E-state index >= 15 is 0 Å². The lowest BCUT2D eigenvalue weighted by Crippen LogP contribution is -2.13. The highest BCUT2D eigenvalue weighted by Crippen LogP contribution is 2.24. The van der Waals surface area contributed by atoms with Gasteiger partial charge in [0.15, 0.2) is 0 Å². The summed E-state index contributed by atoms with van der Waals surface area (Å²) in [6.07, 6.45) is 2.91. The molecule has 0 radical (unpaired) electrons. The third-order valence-corrected chi connectivity index (χ3v) is 2.85. The number of nitrogens with zero attached hydrogens (tertiary/aromatic N) is 1. The second-order valence-electron chi connectivity index (χ2n) is 4.27. The van der Waals surface area contributed by atoms with E-state index in [4.69, 9.17) is 5.73 Å². The van der Waals surface area contributed by atoms with Gasteiger partial charge in [-0.3, -0.25) is 9.78 Å². The Morgan fingerprint density at radius 3 is 3.00 bits per heavy atom. The summed E-state index contributed by atoms with van der Waals surface area (Å²) in [7, 11) is 0. The van der Waals surface area contributed by atoms with Gasteiger partial charge in [0.05, 0.1) is 11.2 Å². The summed E-state index contributed by atoms with van der Waals surface area (Å²) >= 11 is 0. The van der Waals surface area contributed by atoms with E-state index in [1.165, 1.54) is 0 Å². The third kappa shape index (κ3) is 2.65. The Bertz CT molecular complexity index is 566. The highest BCUT2D eigenvalue weighted by atomic mass is 16.1. The second-order valence-corrected chi connectivity index (χ2v) is 4.27. The van der Waals surface area contributed by atoms with Gasteiger partial charge in [-0.15, -0.1) is 0 Å². The molecule has 94 valence electrons. The first-order valence-electron chi connectivity index (χ1n) is 6.06. The molecule has 0 bridgehead atoms. The third-order valence-electron chi connectivity index (χ3n) is 2.85. The zero-order chi connectivity index (χ0) is 13.0. The van der Waals surface area contributed by atoms with E-state index in [2.05, 4.69) is 10.3 Å². The minimum atomic E-state index is -0.00513. The molecule has 0 atom stereocenters. The molecule has 0 saturated heterocycles. The van der Waals surface area contributed by atoms with Gasteiger partial charge in [0, 0.05) is 18.0 Å². The molecule has 0 spiro atoms. The molecular weight excluding hydrogens is 226 g/mol. The Morgan fingerprint density at radius 2 is 2.22 bits per heavy atom. The first-order valence-corrected chi connectivity index (χ1v) is 6.06. The number of carbonyl (C=O) groups is 1. The monoisotopic (exact) mass is 243 g/mol. The van der Waals surface area contributed by atoms with E-state index in [1.807, 2.05) is 31.2 Å².